The first-order chi connectivity index (χ1) is 13.0. The number of carbonyl (C=O) groups excluding carboxylic acids is 1. The SMILES string of the molecule is CCC(Sc1nc2c(c(=O)[nH]1)CCCC2)C(=O)Nc1ccc(OC)c(Cl)c1. The van der Waals surface area contributed by atoms with E-state index in [4.69, 9.17) is 16.3 Å². The summed E-state index contributed by atoms with van der Waals surface area (Å²) in [7, 11) is 1.54. The summed E-state index contributed by atoms with van der Waals surface area (Å²) in [5.74, 6) is 0.385. The number of nitrogens with zero attached hydrogens (tertiary/aromatic N) is 1. The van der Waals surface area contributed by atoms with Crippen molar-refractivity contribution < 1.29 is 9.53 Å². The van der Waals surface area contributed by atoms with Crippen LogP contribution in [0.3, 0.4) is 0 Å². The number of ether oxygens (including phenoxy) is 1. The van der Waals surface area contributed by atoms with Gasteiger partial charge in [0.05, 0.1) is 23.1 Å². The van der Waals surface area contributed by atoms with Gasteiger partial charge in [-0.15, -0.1) is 0 Å². The minimum Gasteiger partial charge on any atom is -0.495 e. The number of rotatable bonds is 6. The van der Waals surface area contributed by atoms with Gasteiger partial charge in [-0.1, -0.05) is 30.3 Å². The molecule has 1 heterocycles. The van der Waals surface area contributed by atoms with Crippen LogP contribution in [-0.2, 0) is 17.6 Å². The fraction of sp³-hybridized carbons (Fsp3) is 0.421. The molecule has 0 bridgehead atoms. The highest BCUT2D eigenvalue weighted by Gasteiger charge is 2.22. The number of halogens is 1. The molecular weight excluding hydrogens is 386 g/mol. The van der Waals surface area contributed by atoms with Gasteiger partial charge in [-0.05, 0) is 50.3 Å². The zero-order chi connectivity index (χ0) is 19.4. The van der Waals surface area contributed by atoms with Crippen molar-refractivity contribution in [2.45, 2.75) is 49.4 Å². The Morgan fingerprint density at radius 1 is 1.41 bits per heavy atom. The van der Waals surface area contributed by atoms with Crippen LogP contribution >= 0.6 is 23.4 Å². The molecule has 1 aromatic carbocycles. The van der Waals surface area contributed by atoms with Crippen molar-refractivity contribution in [2.75, 3.05) is 12.4 Å². The van der Waals surface area contributed by atoms with Crippen molar-refractivity contribution in [2.24, 2.45) is 0 Å². The predicted octanol–water partition coefficient (Wildman–Crippen LogP) is 3.82. The van der Waals surface area contributed by atoms with Crippen LogP contribution in [0.25, 0.3) is 0 Å². The number of hydrogen-bond donors (Lipinski definition) is 2. The van der Waals surface area contributed by atoms with Gasteiger partial charge in [-0.25, -0.2) is 4.98 Å². The maximum absolute atomic E-state index is 12.7. The third kappa shape index (κ3) is 4.65. The van der Waals surface area contributed by atoms with Crippen LogP contribution in [-0.4, -0.2) is 28.2 Å². The Kier molecular flexibility index (Phi) is 6.44. The molecule has 2 aromatic rings. The Morgan fingerprint density at radius 3 is 2.89 bits per heavy atom. The van der Waals surface area contributed by atoms with Crippen LogP contribution in [0.2, 0.25) is 5.02 Å². The van der Waals surface area contributed by atoms with Gasteiger partial charge in [0.25, 0.3) is 5.56 Å². The average molecular weight is 408 g/mol. The fourth-order valence-electron chi connectivity index (χ4n) is 3.06. The number of nitrogens with one attached hydrogen (secondary N) is 2. The Morgan fingerprint density at radius 2 is 2.19 bits per heavy atom. The number of hydrogen-bond acceptors (Lipinski definition) is 5. The van der Waals surface area contributed by atoms with Crippen LogP contribution in [0.1, 0.15) is 37.4 Å². The molecule has 0 radical (unpaired) electrons. The zero-order valence-corrected chi connectivity index (χ0v) is 16.9. The first-order valence-corrected chi connectivity index (χ1v) is 10.2. The number of methoxy groups -OCH3 is 1. The second-order valence-corrected chi connectivity index (χ2v) is 7.96. The zero-order valence-electron chi connectivity index (χ0n) is 15.3. The van der Waals surface area contributed by atoms with Gasteiger partial charge in [-0.3, -0.25) is 9.59 Å². The summed E-state index contributed by atoms with van der Waals surface area (Å²) < 4.78 is 5.12. The Hall–Kier alpha value is -1.99. The average Bonchev–Trinajstić information content (AvgIpc) is 2.66. The maximum Gasteiger partial charge on any atom is 0.254 e. The van der Waals surface area contributed by atoms with Crippen LogP contribution in [0, 0.1) is 0 Å². The molecule has 144 valence electrons. The number of fused-ring (bicyclic) bond motifs is 1. The first-order valence-electron chi connectivity index (χ1n) is 8.95. The molecule has 1 amide bonds. The van der Waals surface area contributed by atoms with Crippen LogP contribution in [0.5, 0.6) is 5.75 Å². The molecule has 1 aliphatic carbocycles. The van der Waals surface area contributed by atoms with E-state index in [2.05, 4.69) is 15.3 Å². The van der Waals surface area contributed by atoms with Gasteiger partial charge >= 0.3 is 0 Å². The van der Waals surface area contributed by atoms with Gasteiger partial charge in [-0.2, -0.15) is 0 Å². The number of thioether (sulfide) groups is 1. The van der Waals surface area contributed by atoms with E-state index in [0.29, 0.717) is 28.0 Å². The molecule has 8 heteroatoms. The fourth-order valence-corrected chi connectivity index (χ4v) is 4.23. The molecular formula is C19H22ClN3O3S. The largest absolute Gasteiger partial charge is 0.495 e. The van der Waals surface area contributed by atoms with E-state index < -0.39 is 0 Å². The summed E-state index contributed by atoms with van der Waals surface area (Å²) in [6.07, 6.45) is 4.26. The molecule has 6 nitrogen and oxygen atoms in total. The van der Waals surface area contributed by atoms with Crippen molar-refractivity contribution in [1.29, 1.82) is 0 Å². The van der Waals surface area contributed by atoms with E-state index in [9.17, 15) is 9.59 Å². The molecule has 0 spiro atoms. The summed E-state index contributed by atoms with van der Waals surface area (Å²) in [4.78, 5) is 32.3. The number of anilines is 1. The second kappa shape index (κ2) is 8.80. The second-order valence-electron chi connectivity index (χ2n) is 6.36. The molecule has 3 rings (SSSR count). The lowest BCUT2D eigenvalue weighted by Gasteiger charge is -2.17. The topological polar surface area (TPSA) is 84.1 Å². The van der Waals surface area contributed by atoms with Gasteiger partial charge in [0.15, 0.2) is 5.16 Å². The van der Waals surface area contributed by atoms with Crippen LogP contribution < -0.4 is 15.6 Å². The van der Waals surface area contributed by atoms with E-state index in [1.54, 1.807) is 18.2 Å². The number of benzene rings is 1. The third-order valence-corrected chi connectivity index (χ3v) is 6.05. The molecule has 1 unspecified atom stereocenters. The monoisotopic (exact) mass is 407 g/mol. The summed E-state index contributed by atoms with van der Waals surface area (Å²) >= 11 is 7.39. The number of aryl methyl sites for hydroxylation is 1. The van der Waals surface area contributed by atoms with Gasteiger partial charge < -0.3 is 15.0 Å². The Bertz CT molecular complexity index is 900. The van der Waals surface area contributed by atoms with Crippen molar-refractivity contribution in [3.63, 3.8) is 0 Å². The molecule has 0 saturated carbocycles. The van der Waals surface area contributed by atoms with Crippen molar-refractivity contribution in [3.05, 3.63) is 44.8 Å². The summed E-state index contributed by atoms with van der Waals surface area (Å²) in [5, 5.41) is 3.41. The summed E-state index contributed by atoms with van der Waals surface area (Å²) in [5.41, 5.74) is 2.16. The highest BCUT2D eigenvalue weighted by atomic mass is 35.5. The summed E-state index contributed by atoms with van der Waals surface area (Å²) in [6.45, 7) is 1.93. The highest BCUT2D eigenvalue weighted by molar-refractivity contribution is 8.00. The maximum atomic E-state index is 12.7. The van der Waals surface area contributed by atoms with E-state index in [1.807, 2.05) is 6.92 Å². The van der Waals surface area contributed by atoms with E-state index in [-0.39, 0.29) is 16.7 Å². The Labute approximate surface area is 167 Å². The first kappa shape index (κ1) is 19.8. The van der Waals surface area contributed by atoms with E-state index >= 15 is 0 Å². The lowest BCUT2D eigenvalue weighted by Crippen LogP contribution is -2.26. The van der Waals surface area contributed by atoms with Crippen molar-refractivity contribution in [1.82, 2.24) is 9.97 Å². The molecule has 0 aliphatic heterocycles. The smallest absolute Gasteiger partial charge is 0.254 e. The molecule has 0 saturated heterocycles. The Balaban J connectivity index is 1.73. The lowest BCUT2D eigenvalue weighted by molar-refractivity contribution is -0.115. The van der Waals surface area contributed by atoms with Crippen LogP contribution in [0.4, 0.5) is 5.69 Å². The molecule has 1 aliphatic rings. The van der Waals surface area contributed by atoms with Crippen molar-refractivity contribution >= 4 is 35.0 Å². The number of aromatic nitrogens is 2. The third-order valence-electron chi connectivity index (χ3n) is 4.51. The van der Waals surface area contributed by atoms with Crippen LogP contribution in [0.15, 0.2) is 28.2 Å². The van der Waals surface area contributed by atoms with E-state index in [0.717, 1.165) is 36.9 Å². The molecule has 1 atom stereocenters. The standard InChI is InChI=1S/C19H22ClN3O3S/c1-3-16(18(25)21-11-8-9-15(26-2)13(20)10-11)27-19-22-14-7-5-4-6-12(14)17(24)23-19/h8-10,16H,3-7H2,1-2H3,(H,21,25)(H,22,23,24). The minimum atomic E-state index is -0.379. The number of H-pyrrole nitrogens is 1. The molecule has 27 heavy (non-hydrogen) atoms. The van der Waals surface area contributed by atoms with E-state index in [1.165, 1.54) is 18.9 Å². The number of amides is 1. The quantitative estimate of drug-likeness (QED) is 0.561. The molecule has 1 aromatic heterocycles. The minimum absolute atomic E-state index is 0.0839. The normalized spacial score (nSPS) is 14.3. The summed E-state index contributed by atoms with van der Waals surface area (Å²) in [6, 6.07) is 5.09. The number of carbonyl (C=O) groups is 1. The molecule has 0 fully saturated rings. The van der Waals surface area contributed by atoms with Gasteiger partial charge in [0.1, 0.15) is 5.75 Å². The highest BCUT2D eigenvalue weighted by Crippen LogP contribution is 2.29. The van der Waals surface area contributed by atoms with Crippen molar-refractivity contribution in [3.8, 4) is 5.75 Å². The van der Waals surface area contributed by atoms with Gasteiger partial charge in [0, 0.05) is 11.3 Å². The van der Waals surface area contributed by atoms with Gasteiger partial charge in [0.2, 0.25) is 5.91 Å². The number of aromatic amines is 1. The molecule has 2 N–H and O–H groups in total. The predicted molar refractivity (Wildman–Crippen MR) is 108 cm³/mol. The lowest BCUT2D eigenvalue weighted by atomic mass is 9.97.